The first-order chi connectivity index (χ1) is 18.6. The molecule has 0 atom stereocenters. The van der Waals surface area contributed by atoms with Gasteiger partial charge in [-0.1, -0.05) is 84.9 Å². The highest BCUT2D eigenvalue weighted by Crippen LogP contribution is 2.30. The second kappa shape index (κ2) is 14.2. The molecule has 4 N–H and O–H groups in total. The number of thiocarbonyl (C=S) groups is 2. The van der Waals surface area contributed by atoms with Crippen LogP contribution in [0.2, 0.25) is 0 Å². The molecule has 4 aromatic carbocycles. The van der Waals surface area contributed by atoms with Gasteiger partial charge in [-0.15, -0.1) is 0 Å². The van der Waals surface area contributed by atoms with Crippen molar-refractivity contribution < 1.29 is 4.39 Å². The van der Waals surface area contributed by atoms with Gasteiger partial charge in [-0.25, -0.2) is 0 Å². The van der Waals surface area contributed by atoms with Gasteiger partial charge in [0, 0.05) is 30.4 Å². The first-order valence-electron chi connectivity index (χ1n) is 12.5. The molecule has 0 amide bonds. The van der Waals surface area contributed by atoms with Gasteiger partial charge < -0.3 is 21.3 Å². The van der Waals surface area contributed by atoms with Gasteiger partial charge in [-0.3, -0.25) is 4.39 Å². The standard InChI is InChI=1S/C31H31FN4S2/c32-20-19-29(25-11-15-27(16-12-25)35-30(37)33-21-23-7-3-1-4-8-23)26-13-17-28(18-14-26)36-31(38)34-22-24-9-5-2-6-10-24/h1-18,29H,19-22H2,(H2,33,35,37)(H2,34,36,38). The molecular formula is C31H31FN4S2. The average Bonchev–Trinajstić information content (AvgIpc) is 2.96. The van der Waals surface area contributed by atoms with Crippen LogP contribution in [0.15, 0.2) is 109 Å². The van der Waals surface area contributed by atoms with Gasteiger partial charge in [0.25, 0.3) is 0 Å². The number of halogens is 1. The highest BCUT2D eigenvalue weighted by Gasteiger charge is 2.14. The maximum Gasteiger partial charge on any atom is 0.171 e. The highest BCUT2D eigenvalue weighted by atomic mass is 32.1. The van der Waals surface area contributed by atoms with E-state index in [2.05, 4.69) is 45.5 Å². The molecule has 0 aliphatic heterocycles. The predicted molar refractivity (Wildman–Crippen MR) is 164 cm³/mol. The van der Waals surface area contributed by atoms with Crippen LogP contribution in [0.4, 0.5) is 15.8 Å². The fraction of sp³-hybridized carbons (Fsp3) is 0.161. The molecule has 0 aliphatic carbocycles. The molecule has 38 heavy (non-hydrogen) atoms. The molecule has 4 aromatic rings. The van der Waals surface area contributed by atoms with E-state index in [1.807, 2.05) is 84.9 Å². The second-order valence-corrected chi connectivity index (χ2v) is 9.68. The zero-order valence-electron chi connectivity index (χ0n) is 21.0. The van der Waals surface area contributed by atoms with Crippen molar-refractivity contribution in [2.75, 3.05) is 17.3 Å². The van der Waals surface area contributed by atoms with E-state index in [4.69, 9.17) is 24.4 Å². The molecular weight excluding hydrogens is 512 g/mol. The maximum atomic E-state index is 13.5. The van der Waals surface area contributed by atoms with E-state index in [-0.39, 0.29) is 5.92 Å². The van der Waals surface area contributed by atoms with Gasteiger partial charge in [0.15, 0.2) is 10.2 Å². The molecule has 0 bridgehead atoms. The van der Waals surface area contributed by atoms with Gasteiger partial charge in [-0.2, -0.15) is 0 Å². The van der Waals surface area contributed by atoms with Crippen molar-refractivity contribution in [1.82, 2.24) is 10.6 Å². The number of benzene rings is 4. The molecule has 0 radical (unpaired) electrons. The molecule has 4 rings (SSSR count). The molecule has 4 nitrogen and oxygen atoms in total. The van der Waals surface area contributed by atoms with Crippen molar-refractivity contribution in [2.24, 2.45) is 0 Å². The maximum absolute atomic E-state index is 13.5. The van der Waals surface area contributed by atoms with Gasteiger partial charge in [-0.05, 0) is 77.4 Å². The van der Waals surface area contributed by atoms with E-state index in [1.54, 1.807) is 0 Å². The lowest BCUT2D eigenvalue weighted by Gasteiger charge is -2.18. The van der Waals surface area contributed by atoms with E-state index in [0.717, 1.165) is 33.6 Å². The Morgan fingerprint density at radius 2 is 0.974 bits per heavy atom. The molecule has 0 aromatic heterocycles. The second-order valence-electron chi connectivity index (χ2n) is 8.86. The van der Waals surface area contributed by atoms with Crippen LogP contribution in [-0.2, 0) is 13.1 Å². The Labute approximate surface area is 234 Å². The Balaban J connectivity index is 1.32. The summed E-state index contributed by atoms with van der Waals surface area (Å²) in [4.78, 5) is 0. The lowest BCUT2D eigenvalue weighted by molar-refractivity contribution is 0.455. The molecule has 0 aliphatic rings. The van der Waals surface area contributed by atoms with Crippen LogP contribution in [0.25, 0.3) is 0 Å². The van der Waals surface area contributed by atoms with Crippen LogP contribution in [0.1, 0.15) is 34.6 Å². The third kappa shape index (κ3) is 8.36. The van der Waals surface area contributed by atoms with Crippen molar-refractivity contribution in [3.8, 4) is 0 Å². The molecule has 0 fully saturated rings. The Bertz CT molecular complexity index is 1200. The van der Waals surface area contributed by atoms with E-state index in [9.17, 15) is 4.39 Å². The van der Waals surface area contributed by atoms with Gasteiger partial charge in [0.1, 0.15) is 0 Å². The Morgan fingerprint density at radius 3 is 1.34 bits per heavy atom. The minimum atomic E-state index is -0.397. The molecule has 194 valence electrons. The average molecular weight is 543 g/mol. The van der Waals surface area contributed by atoms with Gasteiger partial charge >= 0.3 is 0 Å². The van der Waals surface area contributed by atoms with Crippen LogP contribution >= 0.6 is 24.4 Å². The van der Waals surface area contributed by atoms with Crippen molar-refractivity contribution in [2.45, 2.75) is 25.4 Å². The fourth-order valence-corrected chi connectivity index (χ4v) is 4.52. The summed E-state index contributed by atoms with van der Waals surface area (Å²) in [5, 5.41) is 14.0. The molecule has 0 heterocycles. The Kier molecular flexibility index (Phi) is 10.2. The largest absolute Gasteiger partial charge is 0.358 e. The first-order valence-corrected chi connectivity index (χ1v) is 13.4. The van der Waals surface area contributed by atoms with Gasteiger partial charge in [0.05, 0.1) is 6.67 Å². The van der Waals surface area contributed by atoms with E-state index >= 15 is 0 Å². The summed E-state index contributed by atoms with van der Waals surface area (Å²) in [7, 11) is 0. The lowest BCUT2D eigenvalue weighted by atomic mass is 9.89. The number of hydrogen-bond donors (Lipinski definition) is 4. The quantitative estimate of drug-likeness (QED) is 0.160. The van der Waals surface area contributed by atoms with E-state index in [0.29, 0.717) is 29.7 Å². The SMILES string of the molecule is FCCC(c1ccc(NC(=S)NCc2ccccc2)cc1)c1ccc(NC(=S)NCc2ccccc2)cc1. The van der Waals surface area contributed by atoms with Crippen molar-refractivity contribution >= 4 is 46.0 Å². The summed E-state index contributed by atoms with van der Waals surface area (Å²) in [5.41, 5.74) is 6.19. The van der Waals surface area contributed by atoms with Crippen LogP contribution in [0, 0.1) is 0 Å². The van der Waals surface area contributed by atoms with Crippen molar-refractivity contribution in [3.05, 3.63) is 131 Å². The van der Waals surface area contributed by atoms with E-state index in [1.165, 1.54) is 0 Å². The van der Waals surface area contributed by atoms with Crippen LogP contribution < -0.4 is 21.3 Å². The summed E-state index contributed by atoms with van der Waals surface area (Å²) in [6.07, 6.45) is 0.410. The topological polar surface area (TPSA) is 48.1 Å². The zero-order valence-corrected chi connectivity index (χ0v) is 22.6. The smallest absolute Gasteiger partial charge is 0.171 e. The monoisotopic (exact) mass is 542 g/mol. The van der Waals surface area contributed by atoms with Gasteiger partial charge in [0.2, 0.25) is 0 Å². The number of alkyl halides is 1. The van der Waals surface area contributed by atoms with Crippen LogP contribution in [0.3, 0.4) is 0 Å². The summed E-state index contributed by atoms with van der Waals surface area (Å²) in [5.74, 6) is -0.0468. The summed E-state index contributed by atoms with van der Waals surface area (Å²) in [6.45, 7) is 0.912. The predicted octanol–water partition coefficient (Wildman–Crippen LogP) is 7.15. The summed E-state index contributed by atoms with van der Waals surface area (Å²) >= 11 is 10.9. The van der Waals surface area contributed by atoms with E-state index < -0.39 is 6.67 Å². The Hall–Kier alpha value is -3.81. The third-order valence-corrected chi connectivity index (χ3v) is 6.62. The number of hydrogen-bond acceptors (Lipinski definition) is 2. The molecule has 0 saturated heterocycles. The molecule has 0 unspecified atom stereocenters. The number of anilines is 2. The minimum absolute atomic E-state index is 0.0468. The van der Waals surface area contributed by atoms with Crippen LogP contribution in [-0.4, -0.2) is 16.9 Å². The minimum Gasteiger partial charge on any atom is -0.358 e. The molecule has 7 heteroatoms. The van der Waals surface area contributed by atoms with Crippen molar-refractivity contribution in [3.63, 3.8) is 0 Å². The highest BCUT2D eigenvalue weighted by molar-refractivity contribution is 7.80. The van der Waals surface area contributed by atoms with Crippen LogP contribution in [0.5, 0.6) is 0 Å². The normalized spacial score (nSPS) is 10.6. The third-order valence-electron chi connectivity index (χ3n) is 6.13. The zero-order chi connectivity index (χ0) is 26.6. The Morgan fingerprint density at radius 1 is 0.579 bits per heavy atom. The lowest BCUT2D eigenvalue weighted by Crippen LogP contribution is -2.27. The fourth-order valence-electron chi connectivity index (χ4n) is 4.14. The molecule has 0 spiro atoms. The van der Waals surface area contributed by atoms with Crippen molar-refractivity contribution in [1.29, 1.82) is 0 Å². The number of nitrogens with one attached hydrogen (secondary N) is 4. The number of rotatable bonds is 10. The molecule has 0 saturated carbocycles. The summed E-state index contributed by atoms with van der Waals surface area (Å²) < 4.78 is 13.5. The summed E-state index contributed by atoms with van der Waals surface area (Å²) in [6, 6.07) is 36.2. The first kappa shape index (κ1) is 27.2.